The third-order valence-corrected chi connectivity index (χ3v) is 16.8. The zero-order valence-corrected chi connectivity index (χ0v) is 39.1. The molecule has 8 aromatic carbocycles. The molecule has 6 heteroatoms. The van der Waals surface area contributed by atoms with Crippen LogP contribution in [0.5, 0.6) is 0 Å². The van der Waals surface area contributed by atoms with Gasteiger partial charge in [0.15, 0.2) is 5.58 Å². The Labute approximate surface area is 367 Å². The van der Waals surface area contributed by atoms with Crippen LogP contribution < -0.4 is 10.4 Å². The molecule has 0 atom stereocenters. The first-order chi connectivity index (χ1) is 29.5. The van der Waals surface area contributed by atoms with E-state index < -0.39 is 16.1 Å². The molecule has 1 aliphatic rings. The molecular formula is C55H48BrNO2Si2. The van der Waals surface area contributed by atoms with E-state index in [0.29, 0.717) is 0 Å². The smallest absolute Gasteiger partial charge is 0.159 e. The summed E-state index contributed by atoms with van der Waals surface area (Å²) in [5, 5.41) is 10.1. The fourth-order valence-electron chi connectivity index (χ4n) is 9.21. The molecule has 61 heavy (non-hydrogen) atoms. The average Bonchev–Trinajstić information content (AvgIpc) is 4.03. The lowest BCUT2D eigenvalue weighted by Gasteiger charge is -2.16. The molecule has 3 aromatic heterocycles. The largest absolute Gasteiger partial charge is 0.455 e. The van der Waals surface area contributed by atoms with Crippen molar-refractivity contribution in [3.63, 3.8) is 0 Å². The van der Waals surface area contributed by atoms with Gasteiger partial charge in [0.25, 0.3) is 0 Å². The second kappa shape index (κ2) is 15.2. The molecule has 0 N–H and O–H groups in total. The van der Waals surface area contributed by atoms with Crippen molar-refractivity contribution >= 4 is 108 Å². The Morgan fingerprint density at radius 2 is 0.787 bits per heavy atom. The third-order valence-electron chi connectivity index (χ3n) is 12.1. The van der Waals surface area contributed by atoms with Crippen LogP contribution in [0.25, 0.3) is 82.5 Å². The number of fused-ring (bicyclic) bond motifs is 12. The molecule has 3 nitrogen and oxygen atoms in total. The van der Waals surface area contributed by atoms with E-state index in [2.05, 4.69) is 224 Å². The second-order valence-electron chi connectivity index (χ2n) is 18.2. The van der Waals surface area contributed by atoms with E-state index in [9.17, 15) is 0 Å². The molecule has 0 unspecified atom stereocenters. The van der Waals surface area contributed by atoms with E-state index >= 15 is 0 Å². The number of nitrogens with zero attached hydrogens (tertiary/aromatic N) is 1. The Hall–Kier alpha value is -5.93. The quantitative estimate of drug-likeness (QED) is 0.166. The highest BCUT2D eigenvalue weighted by Gasteiger charge is 2.25. The second-order valence-corrected chi connectivity index (χ2v) is 29.1. The fraction of sp³-hybridized carbons (Fsp3) is 0.127. The van der Waals surface area contributed by atoms with Gasteiger partial charge in [0.2, 0.25) is 0 Å². The van der Waals surface area contributed by atoms with Crippen molar-refractivity contribution in [3.05, 3.63) is 185 Å². The van der Waals surface area contributed by atoms with Crippen molar-refractivity contribution in [2.45, 2.75) is 45.7 Å². The molecule has 0 fully saturated rings. The number of furan rings is 2. The summed E-state index contributed by atoms with van der Waals surface area (Å²) >= 11 is 3.57. The van der Waals surface area contributed by atoms with E-state index in [1.165, 1.54) is 76.0 Å². The van der Waals surface area contributed by atoms with Gasteiger partial charge in [-0.05, 0) is 79.2 Å². The molecule has 0 radical (unpaired) electrons. The SMILES string of the molecule is C[Si](C)(C)c1cccc2c1oc1c(-n3c4ccccc4c4ccccc43)cccc12.C[Si](C)(C)c1cccc2c1oc1c(Br)cccc12.c1ccc2c(c1)Cc1ccccc1-2. The first-order valence-corrected chi connectivity index (χ1v) is 29.0. The Bertz CT molecular complexity index is 3350. The molecule has 3 heterocycles. The van der Waals surface area contributed by atoms with Gasteiger partial charge >= 0.3 is 0 Å². The van der Waals surface area contributed by atoms with Crippen LogP contribution in [-0.2, 0) is 6.42 Å². The van der Waals surface area contributed by atoms with Gasteiger partial charge in [0.1, 0.15) is 16.7 Å². The Morgan fingerprint density at radius 1 is 0.393 bits per heavy atom. The number of para-hydroxylation sites is 6. The van der Waals surface area contributed by atoms with Gasteiger partial charge in [-0.3, -0.25) is 0 Å². The standard InChI is InChI=1S/C27H23NOSi.C15H15BrOSi.C13H10/c1-30(2,3)25-17-9-13-21-20-12-8-16-24(26(20)29-27(21)25)28-22-14-6-4-10-18(22)19-11-5-7-15-23(19)28;1-18(2,3)13-9-5-7-11-10-6-4-8-12(16)14(10)17-15(11)13;1-3-7-12-10(5-1)9-11-6-2-4-8-13(11)12/h4-17H,1-3H3;4-9H,1-3H3;1-8H,9H2. The maximum atomic E-state index is 6.68. The summed E-state index contributed by atoms with van der Waals surface area (Å²) in [6, 6.07) is 60.4. The summed E-state index contributed by atoms with van der Waals surface area (Å²) < 4.78 is 16.2. The van der Waals surface area contributed by atoms with Crippen molar-refractivity contribution in [2.24, 2.45) is 0 Å². The predicted octanol–water partition coefficient (Wildman–Crippen LogP) is 15.4. The number of rotatable bonds is 3. The van der Waals surface area contributed by atoms with Gasteiger partial charge in [-0.25, -0.2) is 0 Å². The number of benzene rings is 8. The average molecular weight is 891 g/mol. The topological polar surface area (TPSA) is 31.2 Å². The molecule has 300 valence electrons. The summed E-state index contributed by atoms with van der Waals surface area (Å²) in [5.74, 6) is 0. The summed E-state index contributed by atoms with van der Waals surface area (Å²) in [4.78, 5) is 0. The van der Waals surface area contributed by atoms with E-state index in [1.54, 1.807) is 0 Å². The highest BCUT2D eigenvalue weighted by molar-refractivity contribution is 9.10. The van der Waals surface area contributed by atoms with Crippen LogP contribution in [0.4, 0.5) is 0 Å². The van der Waals surface area contributed by atoms with E-state index in [0.717, 1.165) is 38.9 Å². The molecule has 0 aliphatic heterocycles. The summed E-state index contributed by atoms with van der Waals surface area (Å²) in [7, 11) is -2.92. The van der Waals surface area contributed by atoms with Crippen LogP contribution in [0, 0.1) is 0 Å². The number of halogens is 1. The summed E-state index contributed by atoms with van der Waals surface area (Å²) in [6.07, 6.45) is 1.10. The van der Waals surface area contributed by atoms with E-state index in [4.69, 9.17) is 8.83 Å². The van der Waals surface area contributed by atoms with Crippen molar-refractivity contribution < 1.29 is 8.83 Å². The highest BCUT2D eigenvalue weighted by atomic mass is 79.9. The highest BCUT2D eigenvalue weighted by Crippen LogP contribution is 2.39. The van der Waals surface area contributed by atoms with Crippen LogP contribution in [0.15, 0.2) is 183 Å². The van der Waals surface area contributed by atoms with Crippen LogP contribution in [0.1, 0.15) is 11.1 Å². The summed E-state index contributed by atoms with van der Waals surface area (Å²) in [6.45, 7) is 14.2. The Morgan fingerprint density at radius 3 is 1.31 bits per heavy atom. The maximum absolute atomic E-state index is 6.68. The number of hydrogen-bond donors (Lipinski definition) is 0. The number of hydrogen-bond acceptors (Lipinski definition) is 2. The minimum Gasteiger partial charge on any atom is -0.455 e. The van der Waals surface area contributed by atoms with Gasteiger partial charge in [-0.15, -0.1) is 0 Å². The summed E-state index contributed by atoms with van der Waals surface area (Å²) in [5.41, 5.74) is 13.3. The lowest BCUT2D eigenvalue weighted by atomic mass is 10.1. The van der Waals surface area contributed by atoms with Crippen molar-refractivity contribution in [2.75, 3.05) is 0 Å². The minimum atomic E-state index is -1.53. The molecule has 0 saturated carbocycles. The van der Waals surface area contributed by atoms with Crippen LogP contribution >= 0.6 is 15.9 Å². The maximum Gasteiger partial charge on any atom is 0.159 e. The van der Waals surface area contributed by atoms with Crippen LogP contribution in [0.2, 0.25) is 39.3 Å². The van der Waals surface area contributed by atoms with Gasteiger partial charge < -0.3 is 13.4 Å². The molecule has 0 bridgehead atoms. The van der Waals surface area contributed by atoms with E-state index in [1.807, 2.05) is 6.07 Å². The third kappa shape index (κ3) is 6.87. The minimum absolute atomic E-state index is 0.957. The van der Waals surface area contributed by atoms with Crippen LogP contribution in [0.3, 0.4) is 0 Å². The molecule has 12 rings (SSSR count). The fourth-order valence-corrected chi connectivity index (χ4v) is 12.6. The van der Waals surface area contributed by atoms with Crippen molar-refractivity contribution in [1.82, 2.24) is 4.57 Å². The van der Waals surface area contributed by atoms with Gasteiger partial charge in [0, 0.05) is 32.3 Å². The zero-order chi connectivity index (χ0) is 42.0. The monoisotopic (exact) mass is 889 g/mol. The number of aromatic nitrogens is 1. The van der Waals surface area contributed by atoms with E-state index in [-0.39, 0.29) is 0 Å². The predicted molar refractivity (Wildman–Crippen MR) is 270 cm³/mol. The lowest BCUT2D eigenvalue weighted by Crippen LogP contribution is -2.37. The van der Waals surface area contributed by atoms with Crippen molar-refractivity contribution in [3.8, 4) is 16.8 Å². The normalized spacial score (nSPS) is 12.4. The molecule has 0 saturated heterocycles. The molecule has 0 spiro atoms. The molecule has 11 aromatic rings. The molecule has 0 amide bonds. The van der Waals surface area contributed by atoms with Crippen molar-refractivity contribution in [1.29, 1.82) is 0 Å². The molecule has 1 aliphatic carbocycles. The lowest BCUT2D eigenvalue weighted by molar-refractivity contribution is 0.668. The van der Waals surface area contributed by atoms with Gasteiger partial charge in [-0.2, -0.15) is 0 Å². The molecular weight excluding hydrogens is 843 g/mol. The van der Waals surface area contributed by atoms with Gasteiger partial charge in [-0.1, -0.05) is 185 Å². The first-order valence-electron chi connectivity index (χ1n) is 21.2. The first kappa shape index (κ1) is 39.2. The van der Waals surface area contributed by atoms with Crippen LogP contribution in [-0.4, -0.2) is 20.7 Å². The Balaban J connectivity index is 0.000000121. The Kier molecular flexibility index (Phi) is 9.78. The van der Waals surface area contributed by atoms with Gasteiger partial charge in [0.05, 0.1) is 37.3 Å². The zero-order valence-electron chi connectivity index (χ0n) is 35.5.